The number of hydrogen-bond acceptors (Lipinski definition) is 8. The van der Waals surface area contributed by atoms with Crippen LogP contribution in [-0.4, -0.2) is 75.5 Å². The molecule has 1 aromatic carbocycles. The van der Waals surface area contributed by atoms with Crippen molar-refractivity contribution < 1.29 is 9.59 Å². The number of aromatic nitrogens is 2. The Labute approximate surface area is 196 Å². The Kier molecular flexibility index (Phi) is 9.63. The minimum Gasteiger partial charge on any atom is -0.355 e. The van der Waals surface area contributed by atoms with Crippen molar-refractivity contribution in [2.24, 2.45) is 0 Å². The van der Waals surface area contributed by atoms with E-state index in [1.807, 2.05) is 24.8 Å². The average molecular weight is 480 g/mol. The van der Waals surface area contributed by atoms with Gasteiger partial charge in [0, 0.05) is 39.3 Å². The number of thioether (sulfide) groups is 2. The summed E-state index contributed by atoms with van der Waals surface area (Å²) >= 11 is 4.26. The molecular formula is C21H29N5O2S3. The van der Waals surface area contributed by atoms with Gasteiger partial charge in [-0.05, 0) is 18.9 Å². The molecule has 0 spiro atoms. The van der Waals surface area contributed by atoms with Gasteiger partial charge in [0.15, 0.2) is 8.68 Å². The number of nitrogens with zero attached hydrogens (tertiary/aromatic N) is 4. The summed E-state index contributed by atoms with van der Waals surface area (Å²) in [6, 6.07) is 10.4. The number of piperazine rings is 1. The van der Waals surface area contributed by atoms with Gasteiger partial charge in [0.05, 0.1) is 11.0 Å². The third-order valence-corrected chi connectivity index (χ3v) is 8.07. The Morgan fingerprint density at radius 3 is 2.55 bits per heavy atom. The molecule has 1 atom stereocenters. The first-order valence-corrected chi connectivity index (χ1v) is 13.2. The lowest BCUT2D eigenvalue weighted by molar-refractivity contribution is -0.132. The first-order chi connectivity index (χ1) is 15.0. The summed E-state index contributed by atoms with van der Waals surface area (Å²) in [5.41, 5.74) is 1.30. The van der Waals surface area contributed by atoms with Crippen molar-refractivity contribution in [2.45, 2.75) is 40.7 Å². The number of nitrogens with one attached hydrogen (secondary N) is 1. The third-order valence-electron chi connectivity index (χ3n) is 4.85. The lowest BCUT2D eigenvalue weighted by Crippen LogP contribution is -2.50. The Morgan fingerprint density at radius 1 is 1.13 bits per heavy atom. The van der Waals surface area contributed by atoms with Crippen molar-refractivity contribution in [3.05, 3.63) is 35.9 Å². The molecule has 31 heavy (non-hydrogen) atoms. The first kappa shape index (κ1) is 24.0. The van der Waals surface area contributed by atoms with Crippen molar-refractivity contribution in [3.8, 4) is 0 Å². The van der Waals surface area contributed by atoms with Crippen LogP contribution in [0.15, 0.2) is 39.0 Å². The van der Waals surface area contributed by atoms with Crippen molar-refractivity contribution in [1.29, 1.82) is 0 Å². The SMILES string of the molecule is CCCNC(=O)CSc1nnc(SC(C)C(=O)N2CCN(Cc3ccccc3)CC2)s1. The van der Waals surface area contributed by atoms with Crippen molar-refractivity contribution >= 4 is 46.7 Å². The minimum atomic E-state index is -0.209. The standard InChI is InChI=1S/C21H29N5O2S3/c1-3-9-22-18(27)15-29-20-23-24-21(31-20)30-16(2)19(28)26-12-10-25(11-13-26)14-17-7-5-4-6-8-17/h4-8,16H,3,9-15H2,1-2H3,(H,22,27). The van der Waals surface area contributed by atoms with Crippen LogP contribution in [0.3, 0.4) is 0 Å². The molecule has 1 fully saturated rings. The highest BCUT2D eigenvalue weighted by atomic mass is 32.2. The van der Waals surface area contributed by atoms with Crippen LogP contribution in [0.5, 0.6) is 0 Å². The van der Waals surface area contributed by atoms with E-state index in [-0.39, 0.29) is 17.1 Å². The van der Waals surface area contributed by atoms with Crippen LogP contribution in [0, 0.1) is 0 Å². The molecule has 168 valence electrons. The largest absolute Gasteiger partial charge is 0.355 e. The van der Waals surface area contributed by atoms with Gasteiger partial charge >= 0.3 is 0 Å². The van der Waals surface area contributed by atoms with Gasteiger partial charge in [-0.3, -0.25) is 14.5 Å². The summed E-state index contributed by atoms with van der Waals surface area (Å²) in [7, 11) is 0. The highest BCUT2D eigenvalue weighted by molar-refractivity contribution is 8.04. The van der Waals surface area contributed by atoms with E-state index in [1.54, 1.807) is 0 Å². The van der Waals surface area contributed by atoms with Crippen LogP contribution in [-0.2, 0) is 16.1 Å². The number of rotatable bonds is 10. The van der Waals surface area contributed by atoms with E-state index in [0.29, 0.717) is 12.3 Å². The molecule has 0 saturated carbocycles. The fourth-order valence-electron chi connectivity index (χ4n) is 3.17. The van der Waals surface area contributed by atoms with Gasteiger partial charge in [0.1, 0.15) is 0 Å². The molecule has 10 heteroatoms. The second kappa shape index (κ2) is 12.4. The number of hydrogen-bond donors (Lipinski definition) is 1. The van der Waals surface area contributed by atoms with E-state index in [9.17, 15) is 9.59 Å². The van der Waals surface area contributed by atoms with Crippen molar-refractivity contribution in [2.75, 3.05) is 38.5 Å². The van der Waals surface area contributed by atoms with E-state index in [2.05, 4.69) is 44.7 Å². The predicted octanol–water partition coefficient (Wildman–Crippen LogP) is 2.98. The molecule has 1 aromatic heterocycles. The normalized spacial score (nSPS) is 15.6. The van der Waals surface area contributed by atoms with Crippen LogP contribution in [0.25, 0.3) is 0 Å². The maximum absolute atomic E-state index is 12.9. The Hall–Kier alpha value is -1.62. The highest BCUT2D eigenvalue weighted by Gasteiger charge is 2.26. The van der Waals surface area contributed by atoms with E-state index in [4.69, 9.17) is 0 Å². The van der Waals surface area contributed by atoms with E-state index in [1.165, 1.54) is 40.4 Å². The van der Waals surface area contributed by atoms with Crippen LogP contribution < -0.4 is 5.32 Å². The molecule has 1 aliphatic heterocycles. The molecule has 0 bridgehead atoms. The fourth-order valence-corrected chi connectivity index (χ4v) is 6.25. The number of benzene rings is 1. The average Bonchev–Trinajstić information content (AvgIpc) is 3.24. The summed E-state index contributed by atoms with van der Waals surface area (Å²) in [6.07, 6.45) is 0.921. The van der Waals surface area contributed by atoms with Gasteiger partial charge in [-0.15, -0.1) is 10.2 Å². The molecule has 2 aromatic rings. The molecular weight excluding hydrogens is 450 g/mol. The lowest BCUT2D eigenvalue weighted by Gasteiger charge is -2.35. The molecule has 1 aliphatic rings. The van der Waals surface area contributed by atoms with Gasteiger partial charge in [-0.2, -0.15) is 0 Å². The molecule has 1 saturated heterocycles. The van der Waals surface area contributed by atoms with Crippen LogP contribution in [0.2, 0.25) is 0 Å². The molecule has 7 nitrogen and oxygen atoms in total. The zero-order valence-electron chi connectivity index (χ0n) is 18.0. The molecule has 0 radical (unpaired) electrons. The third kappa shape index (κ3) is 7.78. The smallest absolute Gasteiger partial charge is 0.235 e. The van der Waals surface area contributed by atoms with Gasteiger partial charge in [-0.1, -0.05) is 72.1 Å². The number of amides is 2. The summed E-state index contributed by atoms with van der Waals surface area (Å²) in [5.74, 6) is 0.486. The van der Waals surface area contributed by atoms with Crippen LogP contribution in [0.1, 0.15) is 25.8 Å². The molecule has 1 N–H and O–H groups in total. The fraction of sp³-hybridized carbons (Fsp3) is 0.524. The molecule has 0 aliphatic carbocycles. The topological polar surface area (TPSA) is 78.4 Å². The highest BCUT2D eigenvalue weighted by Crippen LogP contribution is 2.31. The minimum absolute atomic E-state index is 0.00575. The number of carbonyl (C=O) groups is 2. The number of carbonyl (C=O) groups excluding carboxylic acids is 2. The zero-order chi connectivity index (χ0) is 22.1. The van der Waals surface area contributed by atoms with Gasteiger partial charge in [0.25, 0.3) is 0 Å². The lowest BCUT2D eigenvalue weighted by atomic mass is 10.2. The monoisotopic (exact) mass is 479 g/mol. The predicted molar refractivity (Wildman–Crippen MR) is 128 cm³/mol. The first-order valence-electron chi connectivity index (χ1n) is 10.5. The Balaban J connectivity index is 1.40. The summed E-state index contributed by atoms with van der Waals surface area (Å²) in [6.45, 7) is 8.84. The maximum Gasteiger partial charge on any atom is 0.235 e. The maximum atomic E-state index is 12.9. The second-order valence-electron chi connectivity index (χ2n) is 7.32. The second-order valence-corrected chi connectivity index (χ2v) is 11.1. The van der Waals surface area contributed by atoms with E-state index < -0.39 is 0 Å². The zero-order valence-corrected chi connectivity index (χ0v) is 20.4. The summed E-state index contributed by atoms with van der Waals surface area (Å²) < 4.78 is 1.52. The van der Waals surface area contributed by atoms with Crippen molar-refractivity contribution in [3.63, 3.8) is 0 Å². The molecule has 2 amide bonds. The summed E-state index contributed by atoms with van der Waals surface area (Å²) in [4.78, 5) is 28.9. The Bertz CT molecular complexity index is 841. The van der Waals surface area contributed by atoms with Crippen molar-refractivity contribution in [1.82, 2.24) is 25.3 Å². The molecule has 3 rings (SSSR count). The quantitative estimate of drug-likeness (QED) is 0.525. The van der Waals surface area contributed by atoms with E-state index in [0.717, 1.165) is 47.8 Å². The Morgan fingerprint density at radius 2 is 1.84 bits per heavy atom. The van der Waals surface area contributed by atoms with Gasteiger partial charge in [0.2, 0.25) is 11.8 Å². The van der Waals surface area contributed by atoms with Crippen LogP contribution in [0.4, 0.5) is 0 Å². The van der Waals surface area contributed by atoms with Gasteiger partial charge < -0.3 is 10.2 Å². The summed E-state index contributed by atoms with van der Waals surface area (Å²) in [5, 5.41) is 11.0. The molecule has 2 heterocycles. The molecule has 1 unspecified atom stereocenters. The van der Waals surface area contributed by atoms with Gasteiger partial charge in [-0.25, -0.2) is 0 Å². The van der Waals surface area contributed by atoms with E-state index >= 15 is 0 Å². The van der Waals surface area contributed by atoms with Crippen LogP contribution >= 0.6 is 34.9 Å².